The molecule has 0 amide bonds. The lowest BCUT2D eigenvalue weighted by Gasteiger charge is -2.37. The molecule has 0 radical (unpaired) electrons. The second-order valence-corrected chi connectivity index (χ2v) is 5.49. The van der Waals surface area contributed by atoms with Gasteiger partial charge >= 0.3 is 5.69 Å². The van der Waals surface area contributed by atoms with Gasteiger partial charge < -0.3 is 10.7 Å². The Hall–Kier alpha value is -1.89. The number of hydrogen-bond acceptors (Lipinski definition) is 4. The molecular weight excluding hydrogens is 246 g/mol. The van der Waals surface area contributed by atoms with Crippen LogP contribution in [0.15, 0.2) is 9.59 Å². The highest BCUT2D eigenvalue weighted by molar-refractivity contribution is 5.69. The number of H-pyrrole nitrogens is 3. The van der Waals surface area contributed by atoms with Gasteiger partial charge in [0.15, 0.2) is 5.65 Å². The van der Waals surface area contributed by atoms with Gasteiger partial charge in [-0.05, 0) is 12.8 Å². The van der Waals surface area contributed by atoms with Crippen molar-refractivity contribution in [3.05, 3.63) is 26.7 Å². The number of aromatic amines is 3. The summed E-state index contributed by atoms with van der Waals surface area (Å²) < 4.78 is 0. The van der Waals surface area contributed by atoms with Crippen molar-refractivity contribution in [2.24, 2.45) is 5.73 Å². The Kier molecular flexibility index (Phi) is 2.60. The Bertz CT molecular complexity index is 728. The summed E-state index contributed by atoms with van der Waals surface area (Å²) in [6.07, 6.45) is 4.08. The van der Waals surface area contributed by atoms with Crippen LogP contribution in [0.1, 0.15) is 38.4 Å². The number of imidazole rings is 1. The SMILES string of the molecule is CC1(c2nc3[nH]c(=O)[nH]c(=O)c3[nH]2)CCCCC1N. The van der Waals surface area contributed by atoms with E-state index in [-0.39, 0.29) is 11.5 Å². The first-order valence-corrected chi connectivity index (χ1v) is 6.49. The number of nitrogens with one attached hydrogen (secondary N) is 3. The lowest BCUT2D eigenvalue weighted by atomic mass is 9.71. The quantitative estimate of drug-likeness (QED) is 0.583. The van der Waals surface area contributed by atoms with Gasteiger partial charge in [-0.25, -0.2) is 9.78 Å². The molecule has 1 saturated carbocycles. The van der Waals surface area contributed by atoms with Crippen LogP contribution in [0.3, 0.4) is 0 Å². The van der Waals surface area contributed by atoms with Crippen molar-refractivity contribution >= 4 is 11.2 Å². The first kappa shape index (κ1) is 12.2. The molecule has 3 rings (SSSR count). The Morgan fingerprint density at radius 2 is 2.05 bits per heavy atom. The van der Waals surface area contributed by atoms with Crippen LogP contribution < -0.4 is 17.0 Å². The molecule has 1 aliphatic rings. The van der Waals surface area contributed by atoms with Crippen molar-refractivity contribution in [1.82, 2.24) is 19.9 Å². The molecule has 0 saturated heterocycles. The molecule has 102 valence electrons. The van der Waals surface area contributed by atoms with Gasteiger partial charge in [-0.2, -0.15) is 0 Å². The van der Waals surface area contributed by atoms with Gasteiger partial charge in [0, 0.05) is 11.5 Å². The minimum atomic E-state index is -0.548. The number of nitrogens with two attached hydrogens (primary N) is 1. The molecule has 2 unspecified atom stereocenters. The Morgan fingerprint density at radius 3 is 2.79 bits per heavy atom. The monoisotopic (exact) mass is 263 g/mol. The van der Waals surface area contributed by atoms with Gasteiger partial charge in [-0.3, -0.25) is 14.8 Å². The van der Waals surface area contributed by atoms with Gasteiger partial charge in [-0.1, -0.05) is 19.8 Å². The van der Waals surface area contributed by atoms with Crippen molar-refractivity contribution in [1.29, 1.82) is 0 Å². The fourth-order valence-electron chi connectivity index (χ4n) is 2.86. The van der Waals surface area contributed by atoms with E-state index < -0.39 is 11.2 Å². The minimum absolute atomic E-state index is 0.00705. The van der Waals surface area contributed by atoms with Crippen molar-refractivity contribution in [2.75, 3.05) is 0 Å². The van der Waals surface area contributed by atoms with E-state index in [0.29, 0.717) is 17.0 Å². The Labute approximate surface area is 108 Å². The number of hydrogen-bond donors (Lipinski definition) is 4. The Balaban J connectivity index is 2.18. The first-order chi connectivity index (χ1) is 9.00. The van der Waals surface area contributed by atoms with Gasteiger partial charge in [0.1, 0.15) is 11.3 Å². The summed E-state index contributed by atoms with van der Waals surface area (Å²) in [7, 11) is 0. The van der Waals surface area contributed by atoms with Crippen molar-refractivity contribution < 1.29 is 0 Å². The lowest BCUT2D eigenvalue weighted by Crippen LogP contribution is -2.46. The third kappa shape index (κ3) is 1.81. The third-order valence-electron chi connectivity index (χ3n) is 4.21. The van der Waals surface area contributed by atoms with E-state index in [9.17, 15) is 9.59 Å². The molecule has 0 aliphatic heterocycles. The Morgan fingerprint density at radius 1 is 1.26 bits per heavy atom. The van der Waals surface area contributed by atoms with Gasteiger partial charge in [0.2, 0.25) is 0 Å². The molecule has 7 heteroatoms. The molecular formula is C12H17N5O2. The fraction of sp³-hybridized carbons (Fsp3) is 0.583. The van der Waals surface area contributed by atoms with Crippen LogP contribution in [0.5, 0.6) is 0 Å². The number of rotatable bonds is 1. The molecule has 7 nitrogen and oxygen atoms in total. The summed E-state index contributed by atoms with van der Waals surface area (Å²) in [6, 6.07) is 0.00705. The van der Waals surface area contributed by atoms with Crippen molar-refractivity contribution in [3.63, 3.8) is 0 Å². The normalized spacial score (nSPS) is 27.8. The highest BCUT2D eigenvalue weighted by atomic mass is 16.2. The minimum Gasteiger partial charge on any atom is -0.336 e. The highest BCUT2D eigenvalue weighted by Gasteiger charge is 2.38. The van der Waals surface area contributed by atoms with Gasteiger partial charge in [0.05, 0.1) is 0 Å². The molecule has 5 N–H and O–H groups in total. The van der Waals surface area contributed by atoms with E-state index in [0.717, 1.165) is 25.7 Å². The first-order valence-electron chi connectivity index (χ1n) is 6.49. The number of aromatic nitrogens is 4. The van der Waals surface area contributed by atoms with Crippen molar-refractivity contribution in [3.8, 4) is 0 Å². The maximum atomic E-state index is 11.7. The standard InChI is InChI=1S/C12H17N5O2/c1-12(5-3-2-4-6(12)13)10-14-7-8(15-10)16-11(19)17-9(7)18/h6H,2-5,13H2,1H3,(H3,14,15,16,17,18,19). The topological polar surface area (TPSA) is 120 Å². The summed E-state index contributed by atoms with van der Waals surface area (Å²) in [6.45, 7) is 2.06. The van der Waals surface area contributed by atoms with Crippen LogP contribution in [-0.2, 0) is 5.41 Å². The van der Waals surface area contributed by atoms with Crippen LogP contribution >= 0.6 is 0 Å². The third-order valence-corrected chi connectivity index (χ3v) is 4.21. The predicted octanol–water partition coefficient (Wildman–Crippen LogP) is 0.0985. The average Bonchev–Trinajstić information content (AvgIpc) is 2.77. The van der Waals surface area contributed by atoms with Crippen LogP contribution in [0, 0.1) is 0 Å². The fourth-order valence-corrected chi connectivity index (χ4v) is 2.86. The van der Waals surface area contributed by atoms with E-state index >= 15 is 0 Å². The van der Waals surface area contributed by atoms with Gasteiger partial charge in [-0.15, -0.1) is 0 Å². The lowest BCUT2D eigenvalue weighted by molar-refractivity contribution is 0.260. The van der Waals surface area contributed by atoms with Gasteiger partial charge in [0.25, 0.3) is 5.56 Å². The number of fused-ring (bicyclic) bond motifs is 1. The molecule has 2 atom stereocenters. The largest absolute Gasteiger partial charge is 0.336 e. The zero-order valence-electron chi connectivity index (χ0n) is 10.7. The highest BCUT2D eigenvalue weighted by Crippen LogP contribution is 2.36. The van der Waals surface area contributed by atoms with Crippen molar-refractivity contribution in [2.45, 2.75) is 44.1 Å². The average molecular weight is 263 g/mol. The zero-order chi connectivity index (χ0) is 13.6. The van der Waals surface area contributed by atoms with Crippen LogP contribution in [0.25, 0.3) is 11.2 Å². The second-order valence-electron chi connectivity index (χ2n) is 5.49. The molecule has 19 heavy (non-hydrogen) atoms. The molecule has 0 spiro atoms. The maximum Gasteiger partial charge on any atom is 0.327 e. The van der Waals surface area contributed by atoms with E-state index in [1.807, 2.05) is 0 Å². The molecule has 2 aromatic rings. The maximum absolute atomic E-state index is 11.7. The predicted molar refractivity (Wildman–Crippen MR) is 71.1 cm³/mol. The summed E-state index contributed by atoms with van der Waals surface area (Å²) in [5.74, 6) is 0.682. The summed E-state index contributed by atoms with van der Waals surface area (Å²) >= 11 is 0. The molecule has 2 heterocycles. The molecule has 0 bridgehead atoms. The second kappa shape index (κ2) is 4.06. The summed E-state index contributed by atoms with van der Waals surface area (Å²) in [5.41, 5.74) is 5.53. The van der Waals surface area contributed by atoms with E-state index in [1.54, 1.807) is 0 Å². The van der Waals surface area contributed by atoms with E-state index in [2.05, 4.69) is 26.9 Å². The molecule has 2 aromatic heterocycles. The smallest absolute Gasteiger partial charge is 0.327 e. The zero-order valence-corrected chi connectivity index (χ0v) is 10.7. The van der Waals surface area contributed by atoms with Crippen LogP contribution in [0.4, 0.5) is 0 Å². The van der Waals surface area contributed by atoms with Crippen LogP contribution in [0.2, 0.25) is 0 Å². The van der Waals surface area contributed by atoms with Crippen LogP contribution in [-0.4, -0.2) is 26.0 Å². The van der Waals surface area contributed by atoms with E-state index in [4.69, 9.17) is 5.73 Å². The molecule has 1 aliphatic carbocycles. The number of nitrogens with zero attached hydrogens (tertiary/aromatic N) is 1. The molecule has 0 aromatic carbocycles. The summed E-state index contributed by atoms with van der Waals surface area (Å²) in [5, 5.41) is 0. The molecule has 1 fully saturated rings. The van der Waals surface area contributed by atoms with E-state index in [1.165, 1.54) is 0 Å². The summed E-state index contributed by atoms with van der Waals surface area (Å²) in [4.78, 5) is 35.1.